The summed E-state index contributed by atoms with van der Waals surface area (Å²) in [5.74, 6) is -0.850. The zero-order valence-electron chi connectivity index (χ0n) is 12.9. The summed E-state index contributed by atoms with van der Waals surface area (Å²) in [7, 11) is 0. The number of halogens is 3. The van der Waals surface area contributed by atoms with Crippen LogP contribution >= 0.6 is 0 Å². The fourth-order valence-corrected chi connectivity index (χ4v) is 1.97. The fourth-order valence-electron chi connectivity index (χ4n) is 1.97. The van der Waals surface area contributed by atoms with Gasteiger partial charge in [-0.2, -0.15) is 13.2 Å². The number of nitrogens with one attached hydrogen (secondary N) is 1. The van der Waals surface area contributed by atoms with Crippen molar-refractivity contribution in [3.8, 4) is 5.75 Å². The van der Waals surface area contributed by atoms with Gasteiger partial charge >= 0.3 is 11.9 Å². The number of amides is 1. The molecule has 0 aliphatic carbocycles. The molecule has 0 bridgehead atoms. The minimum atomic E-state index is -4.53. The standard InChI is InChI=1S/C16H13F3N2O4/c1-10(25-14-8-3-2-7-13(14)21(23)24)15(22)20-12-6-4-5-11(9-12)16(17,18)19/h2-10H,1H3,(H,20,22). The molecular weight excluding hydrogens is 341 g/mol. The van der Waals surface area contributed by atoms with Gasteiger partial charge in [-0.3, -0.25) is 14.9 Å². The number of rotatable bonds is 5. The molecule has 0 saturated heterocycles. The number of benzene rings is 2. The predicted molar refractivity (Wildman–Crippen MR) is 83.3 cm³/mol. The number of para-hydroxylation sites is 2. The number of nitro benzene ring substituents is 1. The zero-order valence-corrected chi connectivity index (χ0v) is 12.9. The normalized spacial score (nSPS) is 12.3. The molecule has 1 amide bonds. The molecule has 0 spiro atoms. The molecule has 2 rings (SSSR count). The molecule has 6 nitrogen and oxygen atoms in total. The third kappa shape index (κ3) is 4.69. The second-order valence-electron chi connectivity index (χ2n) is 5.05. The lowest BCUT2D eigenvalue weighted by molar-refractivity contribution is -0.386. The summed E-state index contributed by atoms with van der Waals surface area (Å²) in [5, 5.41) is 13.2. The van der Waals surface area contributed by atoms with E-state index in [0.29, 0.717) is 0 Å². The molecule has 1 unspecified atom stereocenters. The maximum absolute atomic E-state index is 12.7. The first-order chi connectivity index (χ1) is 11.7. The number of nitro groups is 1. The number of carbonyl (C=O) groups excluding carboxylic acids is 1. The van der Waals surface area contributed by atoms with Crippen molar-refractivity contribution in [2.75, 3.05) is 5.32 Å². The first-order valence-corrected chi connectivity index (χ1v) is 7.06. The molecule has 0 aromatic heterocycles. The van der Waals surface area contributed by atoms with Gasteiger partial charge in [0, 0.05) is 11.8 Å². The molecule has 2 aromatic rings. The van der Waals surface area contributed by atoms with Crippen molar-refractivity contribution in [1.29, 1.82) is 0 Å². The summed E-state index contributed by atoms with van der Waals surface area (Å²) in [6.07, 6.45) is -5.69. The molecule has 1 atom stereocenters. The number of carbonyl (C=O) groups is 1. The molecule has 0 aliphatic rings. The number of nitrogens with zero attached hydrogens (tertiary/aromatic N) is 1. The van der Waals surface area contributed by atoms with Crippen LogP contribution in [0.5, 0.6) is 5.75 Å². The van der Waals surface area contributed by atoms with Crippen molar-refractivity contribution < 1.29 is 27.6 Å². The maximum Gasteiger partial charge on any atom is 0.416 e. The lowest BCUT2D eigenvalue weighted by atomic mass is 10.2. The van der Waals surface area contributed by atoms with E-state index in [1.54, 1.807) is 0 Å². The van der Waals surface area contributed by atoms with E-state index in [-0.39, 0.29) is 17.1 Å². The van der Waals surface area contributed by atoms with E-state index in [2.05, 4.69) is 5.32 Å². The minimum absolute atomic E-state index is 0.0576. The zero-order chi connectivity index (χ0) is 18.6. The van der Waals surface area contributed by atoms with Crippen molar-refractivity contribution in [1.82, 2.24) is 0 Å². The highest BCUT2D eigenvalue weighted by molar-refractivity contribution is 5.94. The average molecular weight is 354 g/mol. The molecular formula is C16H13F3N2O4. The summed E-state index contributed by atoms with van der Waals surface area (Å²) < 4.78 is 43.3. The van der Waals surface area contributed by atoms with Crippen LogP contribution in [-0.2, 0) is 11.0 Å². The Bertz CT molecular complexity index is 793. The van der Waals surface area contributed by atoms with Gasteiger partial charge < -0.3 is 10.1 Å². The highest BCUT2D eigenvalue weighted by atomic mass is 19.4. The summed E-state index contributed by atoms with van der Waals surface area (Å²) in [5.41, 5.74) is -1.28. The Labute approximate surface area is 140 Å². The lowest BCUT2D eigenvalue weighted by Gasteiger charge is -2.15. The maximum atomic E-state index is 12.7. The van der Waals surface area contributed by atoms with Gasteiger partial charge in [-0.15, -0.1) is 0 Å². The Hall–Kier alpha value is -3.10. The number of hydrogen-bond donors (Lipinski definition) is 1. The molecule has 0 saturated carbocycles. The van der Waals surface area contributed by atoms with Crippen LogP contribution in [0.2, 0.25) is 0 Å². The van der Waals surface area contributed by atoms with Gasteiger partial charge in [-0.05, 0) is 31.2 Å². The van der Waals surface area contributed by atoms with Crippen molar-refractivity contribution in [2.24, 2.45) is 0 Å². The molecule has 9 heteroatoms. The van der Waals surface area contributed by atoms with Crippen molar-refractivity contribution in [3.63, 3.8) is 0 Å². The van der Waals surface area contributed by atoms with Gasteiger partial charge in [0.1, 0.15) is 0 Å². The van der Waals surface area contributed by atoms with E-state index >= 15 is 0 Å². The van der Waals surface area contributed by atoms with E-state index in [9.17, 15) is 28.1 Å². The summed E-state index contributed by atoms with van der Waals surface area (Å²) in [6.45, 7) is 1.33. The molecule has 0 heterocycles. The van der Waals surface area contributed by atoms with Crippen molar-refractivity contribution in [3.05, 3.63) is 64.2 Å². The third-order valence-corrected chi connectivity index (χ3v) is 3.19. The van der Waals surface area contributed by atoms with Gasteiger partial charge in [0.25, 0.3) is 5.91 Å². The number of anilines is 1. The smallest absolute Gasteiger partial charge is 0.416 e. The number of alkyl halides is 3. The molecule has 1 N–H and O–H groups in total. The van der Waals surface area contributed by atoms with E-state index < -0.39 is 28.7 Å². The topological polar surface area (TPSA) is 81.5 Å². The highest BCUT2D eigenvalue weighted by Gasteiger charge is 2.30. The highest BCUT2D eigenvalue weighted by Crippen LogP contribution is 2.31. The Morgan fingerprint density at radius 2 is 1.88 bits per heavy atom. The van der Waals surface area contributed by atoms with Crippen molar-refractivity contribution in [2.45, 2.75) is 19.2 Å². The van der Waals surface area contributed by atoms with Crippen LogP contribution in [0.1, 0.15) is 12.5 Å². The number of hydrogen-bond acceptors (Lipinski definition) is 4. The molecule has 0 aliphatic heterocycles. The summed E-state index contributed by atoms with van der Waals surface area (Å²) in [4.78, 5) is 22.3. The van der Waals surface area contributed by atoms with Gasteiger partial charge in [-0.25, -0.2) is 0 Å². The fraction of sp³-hybridized carbons (Fsp3) is 0.188. The van der Waals surface area contributed by atoms with E-state index in [1.165, 1.54) is 37.3 Å². The molecule has 25 heavy (non-hydrogen) atoms. The van der Waals surface area contributed by atoms with Crippen LogP contribution in [0.25, 0.3) is 0 Å². The number of ether oxygens (including phenoxy) is 1. The Kier molecular flexibility index (Phi) is 5.26. The Balaban J connectivity index is 2.10. The van der Waals surface area contributed by atoms with E-state index in [0.717, 1.165) is 18.2 Å². The molecule has 0 radical (unpaired) electrons. The molecule has 0 fully saturated rings. The van der Waals surface area contributed by atoms with Crippen LogP contribution in [-0.4, -0.2) is 16.9 Å². The molecule has 2 aromatic carbocycles. The van der Waals surface area contributed by atoms with Crippen molar-refractivity contribution >= 4 is 17.3 Å². The van der Waals surface area contributed by atoms with Crippen LogP contribution in [0, 0.1) is 10.1 Å². The Morgan fingerprint density at radius 3 is 2.52 bits per heavy atom. The summed E-state index contributed by atoms with van der Waals surface area (Å²) >= 11 is 0. The first kappa shape index (κ1) is 18.2. The average Bonchev–Trinajstić information content (AvgIpc) is 2.54. The second-order valence-corrected chi connectivity index (χ2v) is 5.05. The van der Waals surface area contributed by atoms with Gasteiger partial charge in [0.2, 0.25) is 0 Å². The third-order valence-electron chi connectivity index (χ3n) is 3.19. The van der Waals surface area contributed by atoms with Crippen LogP contribution in [0.15, 0.2) is 48.5 Å². The van der Waals surface area contributed by atoms with Gasteiger partial charge in [0.05, 0.1) is 10.5 Å². The van der Waals surface area contributed by atoms with E-state index in [4.69, 9.17) is 4.74 Å². The van der Waals surface area contributed by atoms with Crippen LogP contribution < -0.4 is 10.1 Å². The first-order valence-electron chi connectivity index (χ1n) is 7.06. The predicted octanol–water partition coefficient (Wildman–Crippen LogP) is 4.02. The minimum Gasteiger partial charge on any atom is -0.474 e. The van der Waals surface area contributed by atoms with Crippen LogP contribution in [0.3, 0.4) is 0 Å². The SMILES string of the molecule is CC(Oc1ccccc1[N+](=O)[O-])C(=O)Nc1cccc(C(F)(F)F)c1. The summed E-state index contributed by atoms with van der Waals surface area (Å²) in [6, 6.07) is 9.60. The largest absolute Gasteiger partial charge is 0.474 e. The van der Waals surface area contributed by atoms with Gasteiger partial charge in [0.15, 0.2) is 11.9 Å². The monoisotopic (exact) mass is 354 g/mol. The Morgan fingerprint density at radius 1 is 1.20 bits per heavy atom. The lowest BCUT2D eigenvalue weighted by Crippen LogP contribution is -2.30. The van der Waals surface area contributed by atoms with E-state index in [1.807, 2.05) is 0 Å². The van der Waals surface area contributed by atoms with Crippen LogP contribution in [0.4, 0.5) is 24.5 Å². The molecule has 132 valence electrons. The van der Waals surface area contributed by atoms with Gasteiger partial charge in [-0.1, -0.05) is 18.2 Å². The quantitative estimate of drug-likeness (QED) is 0.649. The second kappa shape index (κ2) is 7.20.